The van der Waals surface area contributed by atoms with Gasteiger partial charge in [0.05, 0.1) is 16.8 Å². The van der Waals surface area contributed by atoms with Crippen LogP contribution in [-0.4, -0.2) is 44.4 Å². The van der Waals surface area contributed by atoms with Crippen molar-refractivity contribution in [1.29, 1.82) is 0 Å². The maximum absolute atomic E-state index is 12.8. The molecule has 0 aliphatic rings. The Hall–Kier alpha value is -2.87. The fourth-order valence-electron chi connectivity index (χ4n) is 3.91. The van der Waals surface area contributed by atoms with E-state index in [1.165, 1.54) is 0 Å². The normalized spacial score (nSPS) is 12.6. The van der Waals surface area contributed by atoms with E-state index in [1.807, 2.05) is 55.9 Å². The monoisotopic (exact) mass is 499 g/mol. The molecule has 0 bridgehead atoms. The van der Waals surface area contributed by atoms with E-state index in [0.717, 1.165) is 16.8 Å². The Morgan fingerprint density at radius 2 is 1.89 bits per heavy atom. The van der Waals surface area contributed by atoms with E-state index < -0.39 is 5.60 Å². The number of carbonyl (C=O) groups excluding carboxylic acids is 1. The number of amides is 1. The number of imidazole rings is 1. The predicted molar refractivity (Wildman–Crippen MR) is 138 cm³/mol. The number of hydrogen-bond donors (Lipinski definition) is 3. The van der Waals surface area contributed by atoms with Crippen LogP contribution in [0.3, 0.4) is 0 Å². The van der Waals surface area contributed by atoms with Gasteiger partial charge in [-0.3, -0.25) is 4.79 Å². The number of nitrogens with one attached hydrogen (secondary N) is 1. The van der Waals surface area contributed by atoms with Gasteiger partial charge in [-0.1, -0.05) is 35.9 Å². The summed E-state index contributed by atoms with van der Waals surface area (Å²) < 4.78 is 7.45. The molecule has 0 fully saturated rings. The van der Waals surface area contributed by atoms with Crippen LogP contribution < -0.4 is 10.1 Å². The van der Waals surface area contributed by atoms with E-state index in [4.69, 9.17) is 16.3 Å². The Kier molecular flexibility index (Phi) is 8.59. The minimum Gasteiger partial charge on any atom is -0.489 e. The van der Waals surface area contributed by atoms with Crippen LogP contribution in [0, 0.1) is 0 Å². The van der Waals surface area contributed by atoms with Crippen LogP contribution in [0.1, 0.15) is 55.9 Å². The maximum Gasteiger partial charge on any atom is 0.251 e. The highest BCUT2D eigenvalue weighted by Crippen LogP contribution is 2.27. The van der Waals surface area contributed by atoms with Crippen LogP contribution in [0.2, 0.25) is 5.02 Å². The molecular formula is C27H34ClN3O4. The summed E-state index contributed by atoms with van der Waals surface area (Å²) in [5.74, 6) is 0.865. The fourth-order valence-corrected chi connectivity index (χ4v) is 4.14. The van der Waals surface area contributed by atoms with Crippen LogP contribution in [0.15, 0.2) is 48.7 Å². The summed E-state index contributed by atoms with van der Waals surface area (Å²) >= 11 is 6.28. The van der Waals surface area contributed by atoms with Crippen molar-refractivity contribution in [2.24, 2.45) is 7.05 Å². The molecule has 3 N–H and O–H groups in total. The summed E-state index contributed by atoms with van der Waals surface area (Å²) in [6.45, 7) is 7.19. The van der Waals surface area contributed by atoms with E-state index in [2.05, 4.69) is 10.3 Å². The molecule has 35 heavy (non-hydrogen) atoms. The van der Waals surface area contributed by atoms with Gasteiger partial charge < -0.3 is 24.8 Å². The summed E-state index contributed by atoms with van der Waals surface area (Å²) in [5, 5.41) is 23.2. The van der Waals surface area contributed by atoms with Gasteiger partial charge in [-0.05, 0) is 64.3 Å². The Balaban J connectivity index is 1.69. The Morgan fingerprint density at radius 3 is 2.43 bits per heavy atom. The summed E-state index contributed by atoms with van der Waals surface area (Å²) in [6, 6.07) is 12.6. The molecule has 0 radical (unpaired) electrons. The van der Waals surface area contributed by atoms with E-state index in [9.17, 15) is 15.0 Å². The van der Waals surface area contributed by atoms with Crippen molar-refractivity contribution < 1.29 is 19.7 Å². The Labute approximate surface area is 211 Å². The van der Waals surface area contributed by atoms with Gasteiger partial charge >= 0.3 is 0 Å². The second kappa shape index (κ2) is 11.2. The molecule has 188 valence electrons. The van der Waals surface area contributed by atoms with Gasteiger partial charge in [-0.2, -0.15) is 0 Å². The second-order valence-corrected chi connectivity index (χ2v) is 9.92. The first-order valence-corrected chi connectivity index (χ1v) is 12.1. The molecule has 3 rings (SSSR count). The van der Waals surface area contributed by atoms with Crippen molar-refractivity contribution in [3.63, 3.8) is 0 Å². The van der Waals surface area contributed by atoms with Crippen molar-refractivity contribution in [2.75, 3.05) is 6.61 Å². The number of aryl methyl sites for hydroxylation is 1. The minimum absolute atomic E-state index is 0.0197. The van der Waals surface area contributed by atoms with Gasteiger partial charge in [0.1, 0.15) is 17.2 Å². The number of hydrogen-bond acceptors (Lipinski definition) is 5. The molecule has 1 aromatic heterocycles. The van der Waals surface area contributed by atoms with Crippen molar-refractivity contribution in [1.82, 2.24) is 14.9 Å². The molecule has 2 aromatic carbocycles. The highest BCUT2D eigenvalue weighted by molar-refractivity contribution is 6.32. The van der Waals surface area contributed by atoms with Crippen LogP contribution >= 0.6 is 11.6 Å². The lowest BCUT2D eigenvalue weighted by Crippen LogP contribution is -2.37. The molecule has 0 aliphatic heterocycles. The summed E-state index contributed by atoms with van der Waals surface area (Å²) in [7, 11) is 1.86. The van der Waals surface area contributed by atoms with Gasteiger partial charge in [-0.15, -0.1) is 0 Å². The number of nitrogens with zero attached hydrogens (tertiary/aromatic N) is 2. The average Bonchev–Trinajstić information content (AvgIpc) is 3.17. The zero-order chi connectivity index (χ0) is 25.8. The zero-order valence-corrected chi connectivity index (χ0v) is 21.6. The van der Waals surface area contributed by atoms with Gasteiger partial charge in [-0.25, -0.2) is 4.98 Å². The van der Waals surface area contributed by atoms with Crippen LogP contribution in [0.5, 0.6) is 5.75 Å². The predicted octanol–water partition coefficient (Wildman–Crippen LogP) is 4.48. The molecule has 8 heteroatoms. The largest absolute Gasteiger partial charge is 0.489 e. The quantitative estimate of drug-likeness (QED) is 0.382. The van der Waals surface area contributed by atoms with Crippen molar-refractivity contribution in [2.45, 2.75) is 58.3 Å². The summed E-state index contributed by atoms with van der Waals surface area (Å²) in [6.07, 6.45) is 2.85. The number of aliphatic hydroxyl groups is 2. The molecule has 1 heterocycles. The maximum atomic E-state index is 12.8. The number of halogens is 1. The van der Waals surface area contributed by atoms with E-state index in [0.29, 0.717) is 35.0 Å². The number of aliphatic hydroxyl groups excluding tert-OH is 1. The van der Waals surface area contributed by atoms with E-state index >= 15 is 0 Å². The SMILES string of the molecule is CC(C)Oc1ccc(C(=O)NC(CCO)Cc2ccc(-c3cn(C)c(C(C)(C)O)n3)cc2)cc1Cl. The number of benzene rings is 2. The number of carbonyl (C=O) groups is 1. The van der Waals surface area contributed by atoms with Crippen molar-refractivity contribution in [3.8, 4) is 17.0 Å². The third kappa shape index (κ3) is 7.07. The highest BCUT2D eigenvalue weighted by Gasteiger charge is 2.23. The zero-order valence-electron chi connectivity index (χ0n) is 20.9. The van der Waals surface area contributed by atoms with Gasteiger partial charge in [0, 0.05) is 37.0 Å². The lowest BCUT2D eigenvalue weighted by Gasteiger charge is -2.19. The molecule has 0 saturated carbocycles. The van der Waals surface area contributed by atoms with Crippen molar-refractivity contribution in [3.05, 3.63) is 70.6 Å². The molecule has 3 aromatic rings. The average molecular weight is 500 g/mol. The lowest BCUT2D eigenvalue weighted by molar-refractivity contribution is 0.0659. The van der Waals surface area contributed by atoms with Gasteiger partial charge in [0.25, 0.3) is 5.91 Å². The standard InChI is InChI=1S/C27H34ClN3O4/c1-17(2)35-24-11-10-20(15-22(24)28)25(33)29-21(12-13-32)14-18-6-8-19(9-7-18)23-16-31(5)26(30-23)27(3,4)34/h6-11,15-17,21,32,34H,12-14H2,1-5H3,(H,29,33). The smallest absolute Gasteiger partial charge is 0.251 e. The van der Waals surface area contributed by atoms with Crippen molar-refractivity contribution >= 4 is 17.5 Å². The highest BCUT2D eigenvalue weighted by atomic mass is 35.5. The van der Waals surface area contributed by atoms with Gasteiger partial charge in [0.15, 0.2) is 0 Å². The Bertz CT molecular complexity index is 1150. The molecule has 7 nitrogen and oxygen atoms in total. The molecule has 1 unspecified atom stereocenters. The van der Waals surface area contributed by atoms with Crippen LogP contribution in [-0.2, 0) is 19.1 Å². The molecule has 1 atom stereocenters. The lowest BCUT2D eigenvalue weighted by atomic mass is 10.0. The molecule has 0 spiro atoms. The molecule has 1 amide bonds. The van der Waals surface area contributed by atoms with Gasteiger partial charge in [0.2, 0.25) is 0 Å². The minimum atomic E-state index is -1.03. The summed E-state index contributed by atoms with van der Waals surface area (Å²) in [4.78, 5) is 17.4. The number of ether oxygens (including phenoxy) is 1. The van der Waals surface area contributed by atoms with Crippen LogP contribution in [0.25, 0.3) is 11.3 Å². The number of rotatable bonds is 10. The molecule has 0 saturated heterocycles. The first-order chi connectivity index (χ1) is 16.5. The van der Waals surface area contributed by atoms with E-state index in [1.54, 1.807) is 32.0 Å². The topological polar surface area (TPSA) is 96.6 Å². The molecular weight excluding hydrogens is 466 g/mol. The number of aromatic nitrogens is 2. The fraction of sp³-hybridized carbons (Fsp3) is 0.407. The molecule has 0 aliphatic carbocycles. The van der Waals surface area contributed by atoms with E-state index in [-0.39, 0.29) is 24.7 Å². The third-order valence-electron chi connectivity index (χ3n) is 5.52. The first-order valence-electron chi connectivity index (χ1n) is 11.7. The Morgan fingerprint density at radius 1 is 1.20 bits per heavy atom. The first kappa shape index (κ1) is 26.7. The second-order valence-electron chi connectivity index (χ2n) is 9.52. The third-order valence-corrected chi connectivity index (χ3v) is 5.82. The van der Waals surface area contributed by atoms with Crippen LogP contribution in [0.4, 0.5) is 0 Å². The summed E-state index contributed by atoms with van der Waals surface area (Å²) in [5.41, 5.74) is 2.13.